The minimum absolute atomic E-state index is 0.160. The monoisotopic (exact) mass is 351 g/mol. The topological polar surface area (TPSA) is 52.7 Å². The van der Waals surface area contributed by atoms with E-state index in [1.54, 1.807) is 0 Å². The number of carbonyl (C=O) groups excluding carboxylic acids is 2. The molecule has 0 aliphatic carbocycles. The molecule has 2 saturated heterocycles. The van der Waals surface area contributed by atoms with Gasteiger partial charge in [0.2, 0.25) is 0 Å². The Morgan fingerprint density at radius 2 is 1.76 bits per heavy atom. The third-order valence-corrected chi connectivity index (χ3v) is 5.97. The van der Waals surface area contributed by atoms with Crippen LogP contribution in [0, 0.1) is 17.8 Å². The second-order valence-electron chi connectivity index (χ2n) is 8.38. The van der Waals surface area contributed by atoms with Gasteiger partial charge in [-0.05, 0) is 50.1 Å². The number of piperazine rings is 1. The van der Waals surface area contributed by atoms with Crippen molar-refractivity contribution in [1.82, 2.24) is 15.1 Å². The van der Waals surface area contributed by atoms with Crippen LogP contribution in [0.25, 0.3) is 0 Å². The van der Waals surface area contributed by atoms with Crippen LogP contribution in [0.15, 0.2) is 0 Å². The second-order valence-corrected chi connectivity index (χ2v) is 8.38. The molecule has 0 aromatic rings. The Kier molecular flexibility index (Phi) is 7.73. The van der Waals surface area contributed by atoms with E-state index in [0.29, 0.717) is 18.4 Å². The number of likely N-dealkylation sites (tertiary alicyclic amines) is 1. The van der Waals surface area contributed by atoms with E-state index in [-0.39, 0.29) is 11.9 Å². The summed E-state index contributed by atoms with van der Waals surface area (Å²) in [5, 5.41) is 2.76. The Hall–Kier alpha value is -1.10. The molecule has 25 heavy (non-hydrogen) atoms. The molecule has 2 rings (SSSR count). The number of nitrogens with one attached hydrogen (secondary N) is 1. The number of rotatable bonds is 8. The van der Waals surface area contributed by atoms with Gasteiger partial charge in [0.1, 0.15) is 0 Å². The molecular weight excluding hydrogens is 314 g/mol. The van der Waals surface area contributed by atoms with E-state index in [9.17, 15) is 9.59 Å². The normalized spacial score (nSPS) is 23.6. The molecule has 5 heteroatoms. The van der Waals surface area contributed by atoms with Crippen LogP contribution in [0.5, 0.6) is 0 Å². The summed E-state index contributed by atoms with van der Waals surface area (Å²) in [4.78, 5) is 28.7. The summed E-state index contributed by atoms with van der Waals surface area (Å²) in [5.74, 6) is 1.11. The van der Waals surface area contributed by atoms with E-state index in [4.69, 9.17) is 0 Å². The number of hydrogen-bond acceptors (Lipinski definition) is 3. The lowest BCUT2D eigenvalue weighted by Crippen LogP contribution is -2.59. The molecule has 2 amide bonds. The minimum atomic E-state index is -0.425. The first-order valence-electron chi connectivity index (χ1n) is 10.3. The highest BCUT2D eigenvalue weighted by Crippen LogP contribution is 2.24. The average Bonchev–Trinajstić information content (AvgIpc) is 2.60. The van der Waals surface area contributed by atoms with Crippen LogP contribution >= 0.6 is 0 Å². The first kappa shape index (κ1) is 20.2. The van der Waals surface area contributed by atoms with E-state index >= 15 is 0 Å². The molecule has 5 nitrogen and oxygen atoms in total. The maximum absolute atomic E-state index is 12.4. The Morgan fingerprint density at radius 3 is 2.32 bits per heavy atom. The second kappa shape index (κ2) is 9.56. The highest BCUT2D eigenvalue weighted by molar-refractivity contribution is 6.35. The van der Waals surface area contributed by atoms with Gasteiger partial charge in [-0.25, -0.2) is 0 Å². The SMILES string of the molecule is CCC(CC)CN1CCC(CN2C(=O)C(=O)NC[C@@H]2CC(C)C)CC1. The van der Waals surface area contributed by atoms with Crippen LogP contribution in [0.3, 0.4) is 0 Å². The maximum Gasteiger partial charge on any atom is 0.312 e. The standard InChI is InChI=1S/C20H37N3O2/c1-5-16(6-2)13-22-9-7-17(8-10-22)14-23-18(11-15(3)4)12-21-19(24)20(23)25/h15-18H,5-14H2,1-4H3,(H,21,24)/t18-/m0/s1. The summed E-state index contributed by atoms with van der Waals surface area (Å²) >= 11 is 0. The van der Waals surface area contributed by atoms with E-state index in [2.05, 4.69) is 37.9 Å². The van der Waals surface area contributed by atoms with Crippen molar-refractivity contribution in [3.05, 3.63) is 0 Å². The largest absolute Gasteiger partial charge is 0.346 e. The number of carbonyl (C=O) groups is 2. The van der Waals surface area contributed by atoms with Crippen molar-refractivity contribution >= 4 is 11.8 Å². The molecule has 1 N–H and O–H groups in total. The van der Waals surface area contributed by atoms with Crippen molar-refractivity contribution < 1.29 is 9.59 Å². The molecule has 0 radical (unpaired) electrons. The number of amides is 2. The number of nitrogens with zero attached hydrogens (tertiary/aromatic N) is 2. The van der Waals surface area contributed by atoms with Crippen LogP contribution in [-0.2, 0) is 9.59 Å². The minimum Gasteiger partial charge on any atom is -0.346 e. The Balaban J connectivity index is 1.87. The summed E-state index contributed by atoms with van der Waals surface area (Å²) in [5.41, 5.74) is 0. The molecule has 0 bridgehead atoms. The zero-order chi connectivity index (χ0) is 18.4. The predicted octanol–water partition coefficient (Wildman–Crippen LogP) is 2.51. The highest BCUT2D eigenvalue weighted by atomic mass is 16.2. The zero-order valence-electron chi connectivity index (χ0n) is 16.6. The molecule has 2 fully saturated rings. The summed E-state index contributed by atoms with van der Waals surface area (Å²) in [6.45, 7) is 13.7. The smallest absolute Gasteiger partial charge is 0.312 e. The molecule has 0 aromatic carbocycles. The first-order chi connectivity index (χ1) is 11.9. The van der Waals surface area contributed by atoms with E-state index < -0.39 is 5.91 Å². The van der Waals surface area contributed by atoms with Gasteiger partial charge in [-0.2, -0.15) is 0 Å². The highest BCUT2D eigenvalue weighted by Gasteiger charge is 2.36. The third-order valence-electron chi connectivity index (χ3n) is 5.97. The van der Waals surface area contributed by atoms with Crippen molar-refractivity contribution in [1.29, 1.82) is 0 Å². The fraction of sp³-hybridized carbons (Fsp3) is 0.900. The van der Waals surface area contributed by atoms with Gasteiger partial charge in [-0.1, -0.05) is 40.5 Å². The molecule has 2 heterocycles. The van der Waals surface area contributed by atoms with Gasteiger partial charge < -0.3 is 15.1 Å². The van der Waals surface area contributed by atoms with Gasteiger partial charge in [0.15, 0.2) is 0 Å². The van der Waals surface area contributed by atoms with Crippen LogP contribution in [-0.4, -0.2) is 60.4 Å². The van der Waals surface area contributed by atoms with Gasteiger partial charge in [0.05, 0.1) is 0 Å². The quantitative estimate of drug-likeness (QED) is 0.684. The molecule has 0 saturated carbocycles. The lowest BCUT2D eigenvalue weighted by Gasteiger charge is -2.40. The zero-order valence-corrected chi connectivity index (χ0v) is 16.6. The van der Waals surface area contributed by atoms with Crippen molar-refractivity contribution in [2.75, 3.05) is 32.7 Å². The number of hydrogen-bond donors (Lipinski definition) is 1. The van der Waals surface area contributed by atoms with E-state index in [1.165, 1.54) is 19.4 Å². The van der Waals surface area contributed by atoms with Crippen LogP contribution in [0.4, 0.5) is 0 Å². The predicted molar refractivity (Wildman–Crippen MR) is 101 cm³/mol. The van der Waals surface area contributed by atoms with Crippen LogP contribution in [0.2, 0.25) is 0 Å². The van der Waals surface area contributed by atoms with Crippen LogP contribution in [0.1, 0.15) is 59.8 Å². The molecule has 2 aliphatic rings. The molecule has 144 valence electrons. The van der Waals surface area contributed by atoms with E-state index in [0.717, 1.165) is 44.8 Å². The van der Waals surface area contributed by atoms with Gasteiger partial charge in [0.25, 0.3) is 0 Å². The molecule has 0 aromatic heterocycles. The van der Waals surface area contributed by atoms with Crippen LogP contribution < -0.4 is 5.32 Å². The van der Waals surface area contributed by atoms with Gasteiger partial charge in [-0.15, -0.1) is 0 Å². The number of piperidine rings is 1. The summed E-state index contributed by atoms with van der Waals surface area (Å²) in [6, 6.07) is 0.160. The maximum atomic E-state index is 12.4. The fourth-order valence-electron chi connectivity index (χ4n) is 4.22. The molecule has 2 aliphatic heterocycles. The molecule has 0 unspecified atom stereocenters. The Morgan fingerprint density at radius 1 is 1.12 bits per heavy atom. The van der Waals surface area contributed by atoms with Gasteiger partial charge in [-0.3, -0.25) is 9.59 Å². The average molecular weight is 352 g/mol. The summed E-state index contributed by atoms with van der Waals surface area (Å²) < 4.78 is 0. The van der Waals surface area contributed by atoms with Crippen molar-refractivity contribution in [3.8, 4) is 0 Å². The van der Waals surface area contributed by atoms with Crippen molar-refractivity contribution in [2.45, 2.75) is 65.8 Å². The first-order valence-corrected chi connectivity index (χ1v) is 10.3. The third kappa shape index (κ3) is 5.70. The lowest BCUT2D eigenvalue weighted by atomic mass is 9.92. The van der Waals surface area contributed by atoms with Gasteiger partial charge >= 0.3 is 11.8 Å². The molecule has 1 atom stereocenters. The molecule has 0 spiro atoms. The van der Waals surface area contributed by atoms with Gasteiger partial charge in [0, 0.05) is 25.7 Å². The Labute approximate surface area is 153 Å². The fourth-order valence-corrected chi connectivity index (χ4v) is 4.22. The van der Waals surface area contributed by atoms with Crippen molar-refractivity contribution in [3.63, 3.8) is 0 Å². The summed E-state index contributed by atoms with van der Waals surface area (Å²) in [6.07, 6.45) is 5.74. The van der Waals surface area contributed by atoms with Crippen molar-refractivity contribution in [2.24, 2.45) is 17.8 Å². The lowest BCUT2D eigenvalue weighted by molar-refractivity contribution is -0.151. The van der Waals surface area contributed by atoms with E-state index in [1.807, 2.05) is 4.90 Å². The summed E-state index contributed by atoms with van der Waals surface area (Å²) in [7, 11) is 0. The Bertz CT molecular complexity index is 440. The molecular formula is C20H37N3O2.